The van der Waals surface area contributed by atoms with Gasteiger partial charge in [-0.1, -0.05) is 234 Å². The molecule has 0 saturated heterocycles. The van der Waals surface area contributed by atoms with Gasteiger partial charge in [0.2, 0.25) is 0 Å². The van der Waals surface area contributed by atoms with Crippen molar-refractivity contribution in [3.63, 3.8) is 0 Å². The third kappa shape index (κ3) is 9.81. The molecular weight excluding hydrogens is 1180 g/mol. The molecule has 0 aliphatic carbocycles. The van der Waals surface area contributed by atoms with E-state index in [9.17, 15) is 6.85 Å². The minimum absolute atomic E-state index is 0. The first kappa shape index (κ1) is 43.6. The van der Waals surface area contributed by atoms with E-state index in [1.807, 2.05) is 36.4 Å². The second-order valence-electron chi connectivity index (χ2n) is 25.5. The van der Waals surface area contributed by atoms with Crippen molar-refractivity contribution in [3.05, 3.63) is 235 Å². The molecule has 0 N–H and O–H groups in total. The molecule has 0 unspecified atom stereocenters. The first-order valence-corrected chi connectivity index (χ1v) is 27.7. The fourth-order valence-electron chi connectivity index (χ4n) is 11.0. The Hall–Kier alpha value is -8.11. The van der Waals surface area contributed by atoms with Gasteiger partial charge in [-0.3, -0.25) is 0 Å². The molecule has 0 amide bonds. The van der Waals surface area contributed by atoms with E-state index in [0.29, 0.717) is 11.0 Å². The number of pyridine rings is 1. The molecule has 3 aromatic heterocycles. The van der Waals surface area contributed by atoms with Gasteiger partial charge < -0.3 is 18.0 Å². The van der Waals surface area contributed by atoms with Crippen LogP contribution in [0, 0.1) is 12.1 Å². The van der Waals surface area contributed by atoms with Crippen molar-refractivity contribution in [3.8, 4) is 33.6 Å². The van der Waals surface area contributed by atoms with Crippen molar-refractivity contribution in [2.75, 3.05) is 0 Å². The molecule has 5 nitrogen and oxygen atoms in total. The summed E-state index contributed by atoms with van der Waals surface area (Å²) in [5, 5.41) is 4.58. The van der Waals surface area contributed by atoms with Gasteiger partial charge in [-0.05, 0) is 130 Å². The van der Waals surface area contributed by atoms with Crippen molar-refractivity contribution >= 4 is 82.1 Å². The largest absolute Gasteiger partial charge is 0.510 e. The summed E-state index contributed by atoms with van der Waals surface area (Å²) in [4.78, 5) is 5.46. The molecule has 82 heavy (non-hydrogen) atoms. The Labute approximate surface area is 510 Å². The van der Waals surface area contributed by atoms with Crippen LogP contribution in [0.2, 0.25) is 0 Å². The van der Waals surface area contributed by atoms with Gasteiger partial charge in [0.05, 0.1) is 16.5 Å². The van der Waals surface area contributed by atoms with E-state index in [1.165, 1.54) is 5.56 Å². The van der Waals surface area contributed by atoms with E-state index >= 15 is 0 Å². The average molecular weight is 1260 g/mol. The van der Waals surface area contributed by atoms with E-state index in [2.05, 4.69) is 208 Å². The summed E-state index contributed by atoms with van der Waals surface area (Å²) in [7, 11) is 0. The molecule has 6 heteroatoms. The van der Waals surface area contributed by atoms with Gasteiger partial charge in [-0.25, -0.2) is 4.98 Å². The van der Waals surface area contributed by atoms with Crippen molar-refractivity contribution in [1.29, 1.82) is 0 Å². The average Bonchev–Trinajstić information content (AvgIpc) is 1.51. The molecule has 12 aromatic rings. The molecule has 412 valence electrons. The van der Waals surface area contributed by atoms with E-state index in [1.54, 1.807) is 4.40 Å². The summed E-state index contributed by atoms with van der Waals surface area (Å²) in [6, 6.07) is 48.1. The van der Waals surface area contributed by atoms with Gasteiger partial charge >= 0.3 is 0 Å². The summed E-state index contributed by atoms with van der Waals surface area (Å²) in [5.41, 5.74) is 8.33. The first-order chi connectivity index (χ1) is 42.8. The predicted octanol–water partition coefficient (Wildman–Crippen LogP) is 20.7. The van der Waals surface area contributed by atoms with Crippen LogP contribution in [0.1, 0.15) is 119 Å². The number of nitrogens with zero attached hydrogens (tertiary/aromatic N) is 4. The van der Waals surface area contributed by atoms with Crippen LogP contribution < -0.4 is 0 Å². The normalized spacial score (nSPS) is 14.2. The van der Waals surface area contributed by atoms with Crippen LogP contribution in [0.3, 0.4) is 0 Å². The Bertz CT molecular complexity index is 5390. The van der Waals surface area contributed by atoms with Crippen LogP contribution in [0.15, 0.2) is 205 Å². The van der Waals surface area contributed by atoms with E-state index < -0.39 is 76.8 Å². The Morgan fingerprint density at radius 2 is 1.13 bits per heavy atom. The molecule has 1 aliphatic rings. The number of fused-ring (bicyclic) bond motifs is 23. The van der Waals surface area contributed by atoms with Crippen molar-refractivity contribution in [1.82, 2.24) is 18.5 Å². The standard InChI is InChI=1S/C76H69N4O.Pt/c1-73(2,3)53-27-21-25-51(37-53)63-41-55(75(7,8)9)42-65-61-29-17-16-28-60(61)50-24-20-26-52(36-50)66-43-56(76(10,11)12)44-71(77-66)80-67-35-32-49(48-22-14-13-15-23-48)38-64(67)62-34-33-58(46-70(62)80)81-59-40-54(74(4,5)6)39-57(45-59)78-47-79(72(63)65)69-31-19-18-30-68(69)78;/h13-44,47H,1-12H3;/q-3;/i13D,14D,15D,22D,23D,32D,33D,34D,35D,38D;. The van der Waals surface area contributed by atoms with Crippen LogP contribution in [0.5, 0.6) is 0 Å². The smallest absolute Gasteiger partial charge is 0.136 e. The van der Waals surface area contributed by atoms with Crippen LogP contribution in [0.4, 0.5) is 0 Å². The van der Waals surface area contributed by atoms with Gasteiger partial charge in [0.1, 0.15) is 5.65 Å². The topological polar surface area (TPSA) is 40.3 Å². The number of hydrogen-bond donors (Lipinski definition) is 0. The maximum Gasteiger partial charge on any atom is 0.136 e. The second-order valence-corrected chi connectivity index (χ2v) is 25.5. The summed E-state index contributed by atoms with van der Waals surface area (Å²) < 4.78 is 106. The maximum atomic E-state index is 10.1. The SMILES string of the molecule is [2H]c1c([2H])c([2H])c(-c2c([2H])c([2H])c3c(c2[2H])c2c([2H])c([2H])c4[c-]c2n3c2cc(C(C)(C)C)cc(n2)c2cccc(c2)c2ccccc2c2cc(C(C)(C)C)cc(-c3cccc(C(C)(C)C)c3)c2n2[cH-]n(c3[c-]c(cc(C(C)(C)C)c3)o4)-c3ccccc3-2)c([2H])c1[2H].[Pt]. The Morgan fingerprint density at radius 1 is 0.476 bits per heavy atom. The van der Waals surface area contributed by atoms with Crippen molar-refractivity contribution in [2.45, 2.75) is 105 Å². The summed E-state index contributed by atoms with van der Waals surface area (Å²) in [6.45, 7) is 26.1. The van der Waals surface area contributed by atoms with E-state index in [0.717, 1.165) is 71.6 Å². The minimum atomic E-state index is -0.667. The van der Waals surface area contributed by atoms with E-state index in [4.69, 9.17) is 16.3 Å². The number of benzene rings is 9. The number of rotatable bonds is 2. The van der Waals surface area contributed by atoms with Gasteiger partial charge in [0.15, 0.2) is 0 Å². The molecule has 9 aromatic carbocycles. The third-order valence-electron chi connectivity index (χ3n) is 15.7. The molecular formula is C76H69N4OPt-3. The van der Waals surface area contributed by atoms with E-state index in [-0.39, 0.29) is 76.1 Å². The van der Waals surface area contributed by atoms with Gasteiger partial charge in [0, 0.05) is 50.8 Å². The molecule has 13 rings (SSSR count). The molecule has 0 saturated carbocycles. The molecule has 1 aliphatic heterocycles. The second kappa shape index (κ2) is 20.1. The first-order valence-electron chi connectivity index (χ1n) is 32.7. The number of aromatic nitrogens is 4. The predicted molar refractivity (Wildman–Crippen MR) is 343 cm³/mol. The monoisotopic (exact) mass is 1260 g/mol. The van der Waals surface area contributed by atoms with Gasteiger partial charge in [-0.15, -0.1) is 29.1 Å². The molecule has 0 radical (unpaired) electrons. The van der Waals surface area contributed by atoms with Crippen molar-refractivity contribution < 1.29 is 39.2 Å². The van der Waals surface area contributed by atoms with Crippen LogP contribution >= 0.6 is 0 Å². The van der Waals surface area contributed by atoms with Crippen molar-refractivity contribution in [2.24, 2.45) is 0 Å². The number of para-hydroxylation sites is 2. The summed E-state index contributed by atoms with van der Waals surface area (Å²) in [5.74, 6) is 0. The zero-order chi connectivity index (χ0) is 65.0. The molecule has 10 bridgehead atoms. The Balaban J connectivity index is 0.00000816. The molecule has 4 heterocycles. The maximum absolute atomic E-state index is 10.1. The van der Waals surface area contributed by atoms with Gasteiger partial charge in [-0.2, -0.15) is 23.7 Å². The van der Waals surface area contributed by atoms with Crippen LogP contribution in [0.25, 0.3) is 116 Å². The fraction of sp³-hybridized carbons (Fsp3) is 0.211. The molecule has 0 spiro atoms. The Kier molecular flexibility index (Phi) is 10.7. The van der Waals surface area contributed by atoms with Crippen LogP contribution in [-0.4, -0.2) is 18.5 Å². The fourth-order valence-corrected chi connectivity index (χ4v) is 11.0. The zero-order valence-corrected chi connectivity index (χ0v) is 50.6. The number of hydrogen-bond acceptors (Lipinski definition) is 2. The van der Waals surface area contributed by atoms with Crippen LogP contribution in [-0.2, 0) is 42.7 Å². The van der Waals surface area contributed by atoms with Gasteiger partial charge in [0.25, 0.3) is 0 Å². The quantitative estimate of drug-likeness (QED) is 0.162. The zero-order valence-electron chi connectivity index (χ0n) is 58.3. The Morgan fingerprint density at radius 3 is 1.87 bits per heavy atom. The summed E-state index contributed by atoms with van der Waals surface area (Å²) in [6.07, 6.45) is 2.13. The summed E-state index contributed by atoms with van der Waals surface area (Å²) >= 11 is 0. The minimum Gasteiger partial charge on any atom is -0.510 e. The molecule has 0 fully saturated rings. The third-order valence-corrected chi connectivity index (χ3v) is 15.7. The number of imidazole rings is 1. The molecule has 0 atom stereocenters.